The Kier molecular flexibility index (Phi) is 5.37. The summed E-state index contributed by atoms with van der Waals surface area (Å²) in [5.74, 6) is -0.425. The fourth-order valence-electron chi connectivity index (χ4n) is 1.85. The summed E-state index contributed by atoms with van der Waals surface area (Å²) in [4.78, 5) is 22.9. The van der Waals surface area contributed by atoms with Crippen LogP contribution in [0.25, 0.3) is 0 Å². The van der Waals surface area contributed by atoms with Crippen LogP contribution in [0.15, 0.2) is 0 Å². The molecule has 0 spiro atoms. The molecule has 1 saturated heterocycles. The molecule has 0 radical (unpaired) electrons. The van der Waals surface area contributed by atoms with Crippen LogP contribution in [-0.4, -0.2) is 45.3 Å². The van der Waals surface area contributed by atoms with Gasteiger partial charge in [0.05, 0.1) is 18.9 Å². The molecule has 0 aliphatic carbocycles. The van der Waals surface area contributed by atoms with Crippen LogP contribution in [-0.2, 0) is 19.1 Å². The molecule has 17 heavy (non-hydrogen) atoms. The molecule has 0 aromatic rings. The first-order valence-corrected chi connectivity index (χ1v) is 5.77. The predicted molar refractivity (Wildman–Crippen MR) is 61.2 cm³/mol. The number of rotatable bonds is 5. The number of methoxy groups -OCH3 is 1. The van der Waals surface area contributed by atoms with Gasteiger partial charge in [0, 0.05) is 26.3 Å². The number of nitrogens with two attached hydrogens (primary N) is 1. The highest BCUT2D eigenvalue weighted by molar-refractivity contribution is 5.83. The molecule has 0 aromatic heterocycles. The molecular formula is C11H20N2O4. The number of ether oxygens (including phenoxy) is 2. The lowest BCUT2D eigenvalue weighted by Crippen LogP contribution is -2.49. The van der Waals surface area contributed by atoms with Crippen molar-refractivity contribution in [2.75, 3.05) is 33.4 Å². The van der Waals surface area contributed by atoms with Crippen molar-refractivity contribution in [3.63, 3.8) is 0 Å². The maximum atomic E-state index is 12.0. The van der Waals surface area contributed by atoms with Gasteiger partial charge in [-0.15, -0.1) is 0 Å². The maximum absolute atomic E-state index is 12.0. The van der Waals surface area contributed by atoms with Crippen molar-refractivity contribution in [2.24, 2.45) is 11.1 Å². The highest BCUT2D eigenvalue weighted by Crippen LogP contribution is 2.29. The lowest BCUT2D eigenvalue weighted by atomic mass is 9.79. The summed E-state index contributed by atoms with van der Waals surface area (Å²) in [6.07, 6.45) is 1.44. The highest BCUT2D eigenvalue weighted by atomic mass is 16.5. The fraction of sp³-hybridized carbons (Fsp3) is 0.818. The van der Waals surface area contributed by atoms with Crippen molar-refractivity contribution < 1.29 is 19.1 Å². The molecule has 98 valence electrons. The number of amides is 1. The van der Waals surface area contributed by atoms with Gasteiger partial charge >= 0.3 is 5.97 Å². The van der Waals surface area contributed by atoms with Gasteiger partial charge in [-0.2, -0.15) is 0 Å². The Morgan fingerprint density at radius 3 is 2.59 bits per heavy atom. The van der Waals surface area contributed by atoms with E-state index in [1.165, 1.54) is 7.11 Å². The zero-order valence-electron chi connectivity index (χ0n) is 10.2. The van der Waals surface area contributed by atoms with E-state index in [-0.39, 0.29) is 24.8 Å². The van der Waals surface area contributed by atoms with Crippen LogP contribution in [0.2, 0.25) is 0 Å². The second kappa shape index (κ2) is 6.56. The van der Waals surface area contributed by atoms with Gasteiger partial charge in [-0.1, -0.05) is 0 Å². The summed E-state index contributed by atoms with van der Waals surface area (Å²) < 4.78 is 9.72. The summed E-state index contributed by atoms with van der Waals surface area (Å²) >= 11 is 0. The standard InChI is InChI=1S/C11H20N2O4/c1-16-9(14)2-5-13-10(15)11(8-12)3-6-17-7-4-11/h2-8,12H2,1H3,(H,13,15). The molecular weight excluding hydrogens is 224 g/mol. The Morgan fingerprint density at radius 2 is 2.06 bits per heavy atom. The number of hydrogen-bond donors (Lipinski definition) is 2. The molecule has 1 rings (SSSR count). The third kappa shape index (κ3) is 3.67. The van der Waals surface area contributed by atoms with Gasteiger partial charge in [-0.3, -0.25) is 9.59 Å². The van der Waals surface area contributed by atoms with E-state index in [2.05, 4.69) is 10.1 Å². The second-order valence-corrected chi connectivity index (χ2v) is 4.18. The Balaban J connectivity index is 2.41. The molecule has 6 heteroatoms. The van der Waals surface area contributed by atoms with Crippen molar-refractivity contribution in [3.05, 3.63) is 0 Å². The average Bonchev–Trinajstić information content (AvgIpc) is 2.39. The van der Waals surface area contributed by atoms with Crippen molar-refractivity contribution in [2.45, 2.75) is 19.3 Å². The van der Waals surface area contributed by atoms with Crippen LogP contribution in [0.1, 0.15) is 19.3 Å². The SMILES string of the molecule is COC(=O)CCNC(=O)C1(CN)CCOCC1. The van der Waals surface area contributed by atoms with E-state index in [4.69, 9.17) is 10.5 Å². The molecule has 0 unspecified atom stereocenters. The van der Waals surface area contributed by atoms with Gasteiger partial charge < -0.3 is 20.5 Å². The van der Waals surface area contributed by atoms with E-state index >= 15 is 0 Å². The molecule has 0 saturated carbocycles. The first-order chi connectivity index (χ1) is 8.14. The Hall–Kier alpha value is -1.14. The van der Waals surface area contributed by atoms with E-state index in [0.29, 0.717) is 32.6 Å². The van der Waals surface area contributed by atoms with Crippen molar-refractivity contribution >= 4 is 11.9 Å². The van der Waals surface area contributed by atoms with E-state index in [1.807, 2.05) is 0 Å². The van der Waals surface area contributed by atoms with Crippen LogP contribution < -0.4 is 11.1 Å². The molecule has 1 fully saturated rings. The second-order valence-electron chi connectivity index (χ2n) is 4.18. The summed E-state index contributed by atoms with van der Waals surface area (Å²) in [6.45, 7) is 1.71. The van der Waals surface area contributed by atoms with Crippen LogP contribution in [0, 0.1) is 5.41 Å². The molecule has 0 atom stereocenters. The van der Waals surface area contributed by atoms with Crippen molar-refractivity contribution in [1.82, 2.24) is 5.32 Å². The zero-order valence-corrected chi connectivity index (χ0v) is 10.2. The summed E-state index contributed by atoms with van der Waals surface area (Å²) in [7, 11) is 1.32. The monoisotopic (exact) mass is 244 g/mol. The van der Waals surface area contributed by atoms with Crippen molar-refractivity contribution in [1.29, 1.82) is 0 Å². The lowest BCUT2D eigenvalue weighted by Gasteiger charge is -2.34. The number of carbonyl (C=O) groups is 2. The van der Waals surface area contributed by atoms with Gasteiger partial charge in [0.2, 0.25) is 5.91 Å². The number of esters is 1. The van der Waals surface area contributed by atoms with Gasteiger partial charge in [-0.05, 0) is 12.8 Å². The zero-order chi connectivity index (χ0) is 12.7. The van der Waals surface area contributed by atoms with Crippen molar-refractivity contribution in [3.8, 4) is 0 Å². The summed E-state index contributed by atoms with van der Waals surface area (Å²) in [6, 6.07) is 0. The van der Waals surface area contributed by atoms with Crippen LogP contribution in [0.3, 0.4) is 0 Å². The highest BCUT2D eigenvalue weighted by Gasteiger charge is 2.38. The molecule has 3 N–H and O–H groups in total. The normalized spacial score (nSPS) is 18.5. The van der Waals surface area contributed by atoms with Gasteiger partial charge in [-0.25, -0.2) is 0 Å². The van der Waals surface area contributed by atoms with Crippen LogP contribution in [0.4, 0.5) is 0 Å². The Morgan fingerprint density at radius 1 is 1.41 bits per heavy atom. The molecule has 1 heterocycles. The molecule has 1 aliphatic rings. The minimum atomic E-state index is -0.533. The molecule has 0 bridgehead atoms. The Labute approximate surface area is 101 Å². The largest absolute Gasteiger partial charge is 0.469 e. The number of carbonyl (C=O) groups excluding carboxylic acids is 2. The van der Waals surface area contributed by atoms with Gasteiger partial charge in [0.1, 0.15) is 0 Å². The number of nitrogens with one attached hydrogen (secondary N) is 1. The van der Waals surface area contributed by atoms with Crippen LogP contribution in [0.5, 0.6) is 0 Å². The van der Waals surface area contributed by atoms with Gasteiger partial charge in [0.25, 0.3) is 0 Å². The number of hydrogen-bond acceptors (Lipinski definition) is 5. The maximum Gasteiger partial charge on any atom is 0.307 e. The summed E-state index contributed by atoms with van der Waals surface area (Å²) in [5.41, 5.74) is 5.16. The lowest BCUT2D eigenvalue weighted by molar-refractivity contribution is -0.141. The average molecular weight is 244 g/mol. The smallest absolute Gasteiger partial charge is 0.307 e. The van der Waals surface area contributed by atoms with Crippen LogP contribution >= 0.6 is 0 Å². The third-order valence-electron chi connectivity index (χ3n) is 3.16. The van der Waals surface area contributed by atoms with E-state index in [1.54, 1.807) is 0 Å². The minimum absolute atomic E-state index is 0.0906. The molecule has 1 amide bonds. The Bertz CT molecular complexity index is 275. The third-order valence-corrected chi connectivity index (χ3v) is 3.16. The minimum Gasteiger partial charge on any atom is -0.469 e. The van der Waals surface area contributed by atoms with E-state index in [0.717, 1.165) is 0 Å². The van der Waals surface area contributed by atoms with Gasteiger partial charge in [0.15, 0.2) is 0 Å². The topological polar surface area (TPSA) is 90.7 Å². The molecule has 0 aromatic carbocycles. The first-order valence-electron chi connectivity index (χ1n) is 5.77. The summed E-state index contributed by atoms with van der Waals surface area (Å²) in [5, 5.41) is 2.73. The molecule has 6 nitrogen and oxygen atoms in total. The predicted octanol–water partition coefficient (Wildman–Crippen LogP) is -0.579. The first kappa shape index (κ1) is 13.9. The van der Waals surface area contributed by atoms with E-state index in [9.17, 15) is 9.59 Å². The van der Waals surface area contributed by atoms with E-state index < -0.39 is 5.41 Å². The quantitative estimate of drug-likeness (QED) is 0.631. The fourth-order valence-corrected chi connectivity index (χ4v) is 1.85. The molecule has 1 aliphatic heterocycles.